The van der Waals surface area contributed by atoms with Crippen molar-refractivity contribution in [2.24, 2.45) is 0 Å². The molecule has 2 aromatic rings. The van der Waals surface area contributed by atoms with E-state index in [0.29, 0.717) is 6.61 Å². The molecule has 1 N–H and O–H groups in total. The number of aromatic amines is 1. The van der Waals surface area contributed by atoms with Gasteiger partial charge in [-0.1, -0.05) is 17.7 Å². The highest BCUT2D eigenvalue weighted by atomic mass is 16.5. The predicted octanol–water partition coefficient (Wildman–Crippen LogP) is 1.62. The standard InChI is InChI=1S/C12H14N2O2/c1-9-3-5-11(6-4-9)14-12(15)7-10(13-14)8-16-2/h3-7,13H,8H2,1-2H3. The number of aromatic nitrogens is 2. The monoisotopic (exact) mass is 218 g/mol. The fraction of sp³-hybridized carbons (Fsp3) is 0.250. The molecule has 0 atom stereocenters. The Morgan fingerprint density at radius 2 is 2.00 bits per heavy atom. The molecule has 84 valence electrons. The Labute approximate surface area is 93.5 Å². The molecule has 0 radical (unpaired) electrons. The van der Waals surface area contributed by atoms with Crippen LogP contribution in [-0.4, -0.2) is 16.9 Å². The third-order valence-electron chi connectivity index (χ3n) is 2.37. The third kappa shape index (κ3) is 2.06. The molecule has 0 saturated heterocycles. The lowest BCUT2D eigenvalue weighted by Crippen LogP contribution is -2.13. The molecular weight excluding hydrogens is 204 g/mol. The molecule has 2 rings (SSSR count). The van der Waals surface area contributed by atoms with Crippen molar-refractivity contribution in [2.45, 2.75) is 13.5 Å². The summed E-state index contributed by atoms with van der Waals surface area (Å²) in [6.45, 7) is 2.42. The van der Waals surface area contributed by atoms with Crippen molar-refractivity contribution < 1.29 is 4.74 Å². The zero-order chi connectivity index (χ0) is 11.5. The summed E-state index contributed by atoms with van der Waals surface area (Å²) < 4.78 is 6.48. The Morgan fingerprint density at radius 3 is 2.62 bits per heavy atom. The first-order valence-corrected chi connectivity index (χ1v) is 5.07. The van der Waals surface area contributed by atoms with E-state index in [-0.39, 0.29) is 5.56 Å². The van der Waals surface area contributed by atoms with E-state index in [0.717, 1.165) is 11.4 Å². The number of hydrogen-bond acceptors (Lipinski definition) is 2. The molecule has 1 aromatic heterocycles. The van der Waals surface area contributed by atoms with Crippen LogP contribution in [0.15, 0.2) is 35.1 Å². The summed E-state index contributed by atoms with van der Waals surface area (Å²) in [7, 11) is 1.60. The first-order chi connectivity index (χ1) is 7.70. The Morgan fingerprint density at radius 1 is 1.31 bits per heavy atom. The molecular formula is C12H14N2O2. The fourth-order valence-corrected chi connectivity index (χ4v) is 1.56. The summed E-state index contributed by atoms with van der Waals surface area (Å²) in [6.07, 6.45) is 0. The molecule has 0 aliphatic rings. The van der Waals surface area contributed by atoms with Gasteiger partial charge in [-0.2, -0.15) is 0 Å². The van der Waals surface area contributed by atoms with E-state index in [2.05, 4.69) is 5.10 Å². The van der Waals surface area contributed by atoms with E-state index in [1.807, 2.05) is 31.2 Å². The van der Waals surface area contributed by atoms with E-state index < -0.39 is 0 Å². The van der Waals surface area contributed by atoms with Gasteiger partial charge in [-0.15, -0.1) is 0 Å². The maximum atomic E-state index is 11.7. The second-order valence-electron chi connectivity index (χ2n) is 3.72. The van der Waals surface area contributed by atoms with E-state index in [9.17, 15) is 4.79 Å². The van der Waals surface area contributed by atoms with Crippen LogP contribution in [-0.2, 0) is 11.3 Å². The van der Waals surface area contributed by atoms with Crippen molar-refractivity contribution in [3.8, 4) is 5.69 Å². The first-order valence-electron chi connectivity index (χ1n) is 5.07. The number of H-pyrrole nitrogens is 1. The van der Waals surface area contributed by atoms with Crippen molar-refractivity contribution in [1.82, 2.24) is 9.78 Å². The topological polar surface area (TPSA) is 47.0 Å². The SMILES string of the molecule is COCc1cc(=O)n(-c2ccc(C)cc2)[nH]1. The number of methoxy groups -OCH3 is 1. The molecule has 0 aliphatic carbocycles. The fourth-order valence-electron chi connectivity index (χ4n) is 1.56. The number of aryl methyl sites for hydroxylation is 1. The van der Waals surface area contributed by atoms with Crippen LogP contribution in [0.5, 0.6) is 0 Å². The first kappa shape index (κ1) is 10.7. The van der Waals surface area contributed by atoms with Gasteiger partial charge >= 0.3 is 0 Å². The van der Waals surface area contributed by atoms with E-state index in [4.69, 9.17) is 4.74 Å². The number of nitrogens with one attached hydrogen (secondary N) is 1. The minimum Gasteiger partial charge on any atom is -0.378 e. The molecule has 0 fully saturated rings. The Bertz CT molecular complexity index is 523. The molecule has 0 amide bonds. The number of rotatable bonds is 3. The van der Waals surface area contributed by atoms with Gasteiger partial charge in [0.15, 0.2) is 0 Å². The van der Waals surface area contributed by atoms with E-state index >= 15 is 0 Å². The quantitative estimate of drug-likeness (QED) is 0.851. The van der Waals surface area contributed by atoms with Crippen molar-refractivity contribution in [2.75, 3.05) is 7.11 Å². The number of nitrogens with zero attached hydrogens (tertiary/aromatic N) is 1. The summed E-state index contributed by atoms with van der Waals surface area (Å²) in [5.41, 5.74) is 2.70. The average molecular weight is 218 g/mol. The molecule has 1 aromatic carbocycles. The maximum Gasteiger partial charge on any atom is 0.271 e. The smallest absolute Gasteiger partial charge is 0.271 e. The van der Waals surface area contributed by atoms with Crippen LogP contribution in [0, 0.1) is 6.92 Å². The Hall–Kier alpha value is -1.81. The van der Waals surface area contributed by atoms with Crippen LogP contribution in [0.1, 0.15) is 11.3 Å². The van der Waals surface area contributed by atoms with Crippen molar-refractivity contribution in [3.63, 3.8) is 0 Å². The lowest BCUT2D eigenvalue weighted by atomic mass is 10.2. The Kier molecular flexibility index (Phi) is 2.92. The van der Waals surface area contributed by atoms with Gasteiger partial charge in [0.2, 0.25) is 0 Å². The van der Waals surface area contributed by atoms with Crippen LogP contribution in [0.25, 0.3) is 5.69 Å². The molecule has 4 nitrogen and oxygen atoms in total. The van der Waals surface area contributed by atoms with Gasteiger partial charge in [-0.3, -0.25) is 9.89 Å². The second-order valence-corrected chi connectivity index (χ2v) is 3.72. The van der Waals surface area contributed by atoms with Crippen molar-refractivity contribution >= 4 is 0 Å². The average Bonchev–Trinajstić information content (AvgIpc) is 2.61. The van der Waals surface area contributed by atoms with Crippen LogP contribution in [0.3, 0.4) is 0 Å². The third-order valence-corrected chi connectivity index (χ3v) is 2.37. The van der Waals surface area contributed by atoms with Gasteiger partial charge in [0.05, 0.1) is 18.0 Å². The molecule has 1 heterocycles. The number of benzene rings is 1. The van der Waals surface area contributed by atoms with Gasteiger partial charge in [0.1, 0.15) is 0 Å². The van der Waals surface area contributed by atoms with Gasteiger partial charge < -0.3 is 4.74 Å². The van der Waals surface area contributed by atoms with Gasteiger partial charge in [-0.25, -0.2) is 4.68 Å². The lowest BCUT2D eigenvalue weighted by molar-refractivity contribution is 0.181. The molecule has 0 spiro atoms. The molecule has 0 saturated carbocycles. The van der Waals surface area contributed by atoms with Crippen LogP contribution < -0.4 is 5.56 Å². The summed E-state index contributed by atoms with van der Waals surface area (Å²) in [5.74, 6) is 0. The van der Waals surface area contributed by atoms with E-state index in [1.54, 1.807) is 13.2 Å². The predicted molar refractivity (Wildman–Crippen MR) is 61.8 cm³/mol. The molecule has 4 heteroatoms. The Balaban J connectivity index is 2.40. The molecule has 0 aliphatic heterocycles. The highest BCUT2D eigenvalue weighted by Gasteiger charge is 2.04. The summed E-state index contributed by atoms with van der Waals surface area (Å²) in [5, 5.41) is 3.00. The lowest BCUT2D eigenvalue weighted by Gasteiger charge is -2.02. The summed E-state index contributed by atoms with van der Waals surface area (Å²) in [4.78, 5) is 11.7. The van der Waals surface area contributed by atoms with E-state index in [1.165, 1.54) is 10.2 Å². The minimum atomic E-state index is -0.0732. The largest absolute Gasteiger partial charge is 0.378 e. The maximum absolute atomic E-state index is 11.7. The molecule has 0 bridgehead atoms. The minimum absolute atomic E-state index is 0.0732. The highest BCUT2D eigenvalue weighted by Crippen LogP contribution is 2.06. The van der Waals surface area contributed by atoms with Crippen LogP contribution in [0.4, 0.5) is 0 Å². The van der Waals surface area contributed by atoms with Gasteiger partial charge in [0.25, 0.3) is 5.56 Å². The van der Waals surface area contributed by atoms with Crippen molar-refractivity contribution in [3.05, 3.63) is 51.9 Å². The zero-order valence-corrected chi connectivity index (χ0v) is 9.36. The normalized spacial score (nSPS) is 10.6. The van der Waals surface area contributed by atoms with Gasteiger partial charge in [0, 0.05) is 13.2 Å². The van der Waals surface area contributed by atoms with Crippen LogP contribution >= 0.6 is 0 Å². The second kappa shape index (κ2) is 4.37. The number of hydrogen-bond donors (Lipinski definition) is 1. The summed E-state index contributed by atoms with van der Waals surface area (Å²) in [6, 6.07) is 9.30. The number of ether oxygens (including phenoxy) is 1. The molecule has 0 unspecified atom stereocenters. The van der Waals surface area contributed by atoms with Crippen LogP contribution in [0.2, 0.25) is 0 Å². The highest BCUT2D eigenvalue weighted by molar-refractivity contribution is 5.33. The van der Waals surface area contributed by atoms with Crippen molar-refractivity contribution in [1.29, 1.82) is 0 Å². The zero-order valence-electron chi connectivity index (χ0n) is 9.36. The summed E-state index contributed by atoms with van der Waals surface area (Å²) >= 11 is 0. The molecule has 16 heavy (non-hydrogen) atoms. The van der Waals surface area contributed by atoms with Gasteiger partial charge in [-0.05, 0) is 19.1 Å².